The summed E-state index contributed by atoms with van der Waals surface area (Å²) in [6.45, 7) is -0.341. The number of fused-ring (bicyclic) bond motifs is 2. The first-order valence-electron chi connectivity index (χ1n) is 14.5. The van der Waals surface area contributed by atoms with E-state index in [9.17, 15) is 24.3 Å². The van der Waals surface area contributed by atoms with Gasteiger partial charge in [0.15, 0.2) is 0 Å². The molecule has 0 unspecified atom stereocenters. The van der Waals surface area contributed by atoms with E-state index in [1.54, 1.807) is 48.6 Å². The molecule has 10 nitrogen and oxygen atoms in total. The number of carbonyl (C=O) groups is 4. The van der Waals surface area contributed by atoms with Crippen molar-refractivity contribution < 1.29 is 33.8 Å². The monoisotopic (exact) mass is 683 g/mol. The number of aliphatic hydroxyl groups is 1. The number of hydrogen-bond acceptors (Lipinski definition) is 7. The standard InChI is InChI=1S/C32H31BrClN3O7/c33-22-17-32-26-25(27(22)44-32)31(42)43-23(19-7-3-1-4-8-19)18-35-24(39)9-5-2-6-14-36(21-12-10-20(34)11-13-21)30(41)28(32)37(15-16-38)29(26)40/h1-4,6-8,10-13,17,23,25-28,38H,5,9,14-16,18H2,(H,35,39)/b6-2-/t23-,25-,26+,27-,28-,32+/m1/s1. The fourth-order valence-electron chi connectivity index (χ4n) is 6.63. The number of nitrogens with one attached hydrogen (secondary N) is 1. The molecule has 44 heavy (non-hydrogen) atoms. The zero-order chi connectivity index (χ0) is 31.0. The molecule has 4 aliphatic heterocycles. The van der Waals surface area contributed by atoms with Crippen LogP contribution in [0.1, 0.15) is 24.5 Å². The number of cyclic esters (lactones) is 1. The van der Waals surface area contributed by atoms with Crippen LogP contribution in [-0.4, -0.2) is 77.7 Å². The zero-order valence-corrected chi connectivity index (χ0v) is 25.9. The predicted molar refractivity (Wildman–Crippen MR) is 165 cm³/mol. The Labute approximate surface area is 267 Å². The molecule has 4 aliphatic rings. The van der Waals surface area contributed by atoms with E-state index in [-0.39, 0.29) is 32.0 Å². The van der Waals surface area contributed by atoms with Crippen molar-refractivity contribution >= 4 is 56.9 Å². The number of amides is 3. The van der Waals surface area contributed by atoms with Crippen molar-refractivity contribution in [1.82, 2.24) is 10.2 Å². The highest BCUT2D eigenvalue weighted by atomic mass is 79.9. The molecule has 2 aromatic carbocycles. The molecule has 5 bridgehead atoms. The number of esters is 1. The van der Waals surface area contributed by atoms with Gasteiger partial charge in [-0.15, -0.1) is 0 Å². The van der Waals surface area contributed by atoms with Gasteiger partial charge >= 0.3 is 5.97 Å². The molecule has 2 aromatic rings. The van der Waals surface area contributed by atoms with E-state index < -0.39 is 60.1 Å². The molecule has 3 amide bonds. The number of anilines is 1. The Kier molecular flexibility index (Phi) is 8.65. The second-order valence-corrected chi connectivity index (χ2v) is 12.5. The van der Waals surface area contributed by atoms with Crippen LogP contribution in [0.5, 0.6) is 0 Å². The second kappa shape index (κ2) is 12.5. The van der Waals surface area contributed by atoms with Crippen molar-refractivity contribution in [2.24, 2.45) is 11.8 Å². The van der Waals surface area contributed by atoms with Gasteiger partial charge in [0, 0.05) is 34.7 Å². The maximum Gasteiger partial charge on any atom is 0.313 e. The quantitative estimate of drug-likeness (QED) is 0.374. The smallest absolute Gasteiger partial charge is 0.313 e. The highest BCUT2D eigenvalue weighted by Gasteiger charge is 2.75. The van der Waals surface area contributed by atoms with Crippen LogP contribution in [0.25, 0.3) is 0 Å². The molecule has 230 valence electrons. The third-order valence-corrected chi connectivity index (χ3v) is 9.52. The van der Waals surface area contributed by atoms with Crippen LogP contribution in [0.3, 0.4) is 0 Å². The van der Waals surface area contributed by atoms with Crippen molar-refractivity contribution in [2.75, 3.05) is 31.1 Å². The average Bonchev–Trinajstić information content (AvgIpc) is 3.61. The van der Waals surface area contributed by atoms with Gasteiger partial charge in [-0.2, -0.15) is 0 Å². The summed E-state index contributed by atoms with van der Waals surface area (Å²) in [4.78, 5) is 58.3. The molecule has 1 spiro atoms. The number of allylic oxidation sites excluding steroid dienone is 1. The molecular formula is C32H31BrClN3O7. The van der Waals surface area contributed by atoms with Gasteiger partial charge in [0.25, 0.3) is 5.91 Å². The summed E-state index contributed by atoms with van der Waals surface area (Å²) in [7, 11) is 0. The highest BCUT2D eigenvalue weighted by Crippen LogP contribution is 2.59. The number of aliphatic hydroxyl groups excluding tert-OH is 1. The van der Waals surface area contributed by atoms with Crippen molar-refractivity contribution in [3.8, 4) is 0 Å². The molecule has 2 fully saturated rings. The summed E-state index contributed by atoms with van der Waals surface area (Å²) in [6, 6.07) is 14.6. The van der Waals surface area contributed by atoms with E-state index in [0.717, 1.165) is 0 Å². The van der Waals surface area contributed by atoms with E-state index >= 15 is 0 Å². The summed E-state index contributed by atoms with van der Waals surface area (Å²) in [5, 5.41) is 13.3. The Morgan fingerprint density at radius 1 is 1.02 bits per heavy atom. The van der Waals surface area contributed by atoms with Crippen LogP contribution in [-0.2, 0) is 28.7 Å². The molecule has 6 atom stereocenters. The van der Waals surface area contributed by atoms with Gasteiger partial charge in [0.1, 0.15) is 29.8 Å². The number of ether oxygens (including phenoxy) is 2. The first-order valence-corrected chi connectivity index (χ1v) is 15.6. The van der Waals surface area contributed by atoms with Gasteiger partial charge in [0.2, 0.25) is 11.8 Å². The Hall–Kier alpha value is -3.51. The average molecular weight is 685 g/mol. The van der Waals surface area contributed by atoms with Crippen molar-refractivity contribution in [1.29, 1.82) is 0 Å². The molecule has 6 rings (SSSR count). The predicted octanol–water partition coefficient (Wildman–Crippen LogP) is 3.29. The van der Waals surface area contributed by atoms with Crippen LogP contribution < -0.4 is 10.2 Å². The summed E-state index contributed by atoms with van der Waals surface area (Å²) < 4.78 is 13.0. The summed E-state index contributed by atoms with van der Waals surface area (Å²) in [5.74, 6) is -3.95. The third kappa shape index (κ3) is 5.36. The normalized spacial score (nSPS) is 31.4. The minimum atomic E-state index is -1.48. The molecular weight excluding hydrogens is 654 g/mol. The van der Waals surface area contributed by atoms with Crippen LogP contribution in [0.2, 0.25) is 5.02 Å². The van der Waals surface area contributed by atoms with E-state index in [1.165, 1.54) is 9.80 Å². The number of β-amino-alcohol motifs (C(OH)–C–C–N with tert-alkyl or cyclic N) is 1. The van der Waals surface area contributed by atoms with E-state index in [4.69, 9.17) is 21.1 Å². The van der Waals surface area contributed by atoms with Crippen LogP contribution in [0, 0.1) is 11.8 Å². The fraction of sp³-hybridized carbons (Fsp3) is 0.375. The molecule has 2 N–H and O–H groups in total. The van der Waals surface area contributed by atoms with E-state index in [0.29, 0.717) is 27.2 Å². The number of halogens is 2. The highest BCUT2D eigenvalue weighted by molar-refractivity contribution is 9.11. The maximum absolute atomic E-state index is 14.6. The van der Waals surface area contributed by atoms with Crippen LogP contribution in [0.15, 0.2) is 77.3 Å². The molecule has 0 aliphatic carbocycles. The van der Waals surface area contributed by atoms with E-state index in [1.807, 2.05) is 24.3 Å². The molecule has 2 saturated heterocycles. The minimum absolute atomic E-state index is 0.0411. The van der Waals surface area contributed by atoms with Gasteiger partial charge in [-0.25, -0.2) is 0 Å². The Bertz CT molecular complexity index is 1520. The summed E-state index contributed by atoms with van der Waals surface area (Å²) in [6.07, 6.45) is 4.26. The molecule has 4 heterocycles. The van der Waals surface area contributed by atoms with Crippen LogP contribution in [0.4, 0.5) is 5.69 Å². The zero-order valence-electron chi connectivity index (χ0n) is 23.6. The number of rotatable bonds is 4. The number of nitrogens with zero attached hydrogens (tertiary/aromatic N) is 2. The van der Waals surface area contributed by atoms with Gasteiger partial charge in [0.05, 0.1) is 19.1 Å². The molecule has 12 heteroatoms. The lowest BCUT2D eigenvalue weighted by molar-refractivity contribution is -0.159. The largest absolute Gasteiger partial charge is 0.455 e. The van der Waals surface area contributed by atoms with Gasteiger partial charge < -0.3 is 29.7 Å². The SMILES string of the molecule is O=C1CC/C=C\CN(c2ccc(Cl)cc2)C(=O)[C@H]2N(CCO)C(=O)[C@@H]3[C@@H](C(=O)O[C@@H](c4ccccc4)CN1)[C@@H]1O[C@@]32C=C1Br. The number of hydrogen-bond donors (Lipinski definition) is 2. The fourth-order valence-corrected chi connectivity index (χ4v) is 7.49. The molecule has 0 saturated carbocycles. The summed E-state index contributed by atoms with van der Waals surface area (Å²) in [5.41, 5.74) is -0.262. The van der Waals surface area contributed by atoms with Crippen molar-refractivity contribution in [3.63, 3.8) is 0 Å². The minimum Gasteiger partial charge on any atom is -0.455 e. The van der Waals surface area contributed by atoms with Crippen molar-refractivity contribution in [3.05, 3.63) is 87.9 Å². The third-order valence-electron chi connectivity index (χ3n) is 8.58. The second-order valence-electron chi connectivity index (χ2n) is 11.2. The van der Waals surface area contributed by atoms with E-state index in [2.05, 4.69) is 21.2 Å². The van der Waals surface area contributed by atoms with Gasteiger partial charge in [-0.1, -0.05) is 70.0 Å². The Morgan fingerprint density at radius 2 is 1.77 bits per heavy atom. The summed E-state index contributed by atoms with van der Waals surface area (Å²) >= 11 is 9.67. The van der Waals surface area contributed by atoms with Gasteiger partial charge in [-0.05, 0) is 42.3 Å². The maximum atomic E-state index is 14.6. The first kappa shape index (κ1) is 30.5. The van der Waals surface area contributed by atoms with Crippen molar-refractivity contribution in [2.45, 2.75) is 36.7 Å². The number of benzene rings is 2. The lowest BCUT2D eigenvalue weighted by atomic mass is 9.74. The lowest BCUT2D eigenvalue weighted by Gasteiger charge is -2.35. The first-order chi connectivity index (χ1) is 21.2. The topological polar surface area (TPSA) is 125 Å². The van der Waals surface area contributed by atoms with Gasteiger partial charge in [-0.3, -0.25) is 19.2 Å². The number of carbonyl (C=O) groups excluding carboxylic acids is 4. The molecule has 0 radical (unpaired) electrons. The van der Waals surface area contributed by atoms with Crippen LogP contribution >= 0.6 is 27.5 Å². The number of likely N-dealkylation sites (tertiary alicyclic amines) is 1. The molecule has 0 aromatic heterocycles. The lowest BCUT2D eigenvalue weighted by Crippen LogP contribution is -2.56. The Balaban J connectivity index is 1.44. The Morgan fingerprint density at radius 3 is 2.50 bits per heavy atom.